The molecule has 114 valence electrons. The van der Waals surface area contributed by atoms with E-state index in [4.69, 9.17) is 5.73 Å². The van der Waals surface area contributed by atoms with E-state index < -0.39 is 0 Å². The number of anilines is 1. The Labute approximate surface area is 129 Å². The number of aromatic nitrogens is 3. The van der Waals surface area contributed by atoms with Crippen molar-refractivity contribution < 1.29 is 4.79 Å². The van der Waals surface area contributed by atoms with Crippen molar-refractivity contribution in [1.82, 2.24) is 15.2 Å². The molecule has 4 N–H and O–H groups in total. The van der Waals surface area contributed by atoms with E-state index in [1.807, 2.05) is 45.0 Å². The molecule has 0 bridgehead atoms. The number of benzene rings is 1. The topological polar surface area (TPSA) is 96.7 Å². The van der Waals surface area contributed by atoms with Crippen LogP contribution in [0.2, 0.25) is 0 Å². The molecule has 21 heavy (non-hydrogen) atoms. The average Bonchev–Trinajstić information content (AvgIpc) is 2.85. The molecule has 2 rings (SSSR count). The third kappa shape index (κ3) is 4.27. The van der Waals surface area contributed by atoms with Crippen LogP contribution >= 0.6 is 12.4 Å². The van der Waals surface area contributed by atoms with Gasteiger partial charge in [0.1, 0.15) is 5.82 Å². The smallest absolute Gasteiger partial charge is 0.228 e. The average molecular weight is 310 g/mol. The van der Waals surface area contributed by atoms with Crippen LogP contribution in [-0.2, 0) is 4.79 Å². The van der Waals surface area contributed by atoms with E-state index in [-0.39, 0.29) is 30.3 Å². The molecular weight excluding hydrogens is 290 g/mol. The molecule has 2 unspecified atom stereocenters. The van der Waals surface area contributed by atoms with Crippen LogP contribution in [-0.4, -0.2) is 27.1 Å². The lowest BCUT2D eigenvalue weighted by Gasteiger charge is -2.15. The van der Waals surface area contributed by atoms with E-state index in [1.165, 1.54) is 0 Å². The highest BCUT2D eigenvalue weighted by Gasteiger charge is 2.17. The van der Waals surface area contributed by atoms with Crippen molar-refractivity contribution in [1.29, 1.82) is 0 Å². The number of nitrogens with zero attached hydrogens (tertiary/aromatic N) is 2. The zero-order valence-electron chi connectivity index (χ0n) is 12.3. The van der Waals surface area contributed by atoms with Crippen LogP contribution < -0.4 is 11.1 Å². The lowest BCUT2D eigenvalue weighted by atomic mass is 10.0. The van der Waals surface area contributed by atoms with Gasteiger partial charge < -0.3 is 11.1 Å². The summed E-state index contributed by atoms with van der Waals surface area (Å²) in [6, 6.07) is 7.22. The molecule has 1 aromatic heterocycles. The molecule has 0 radical (unpaired) electrons. The van der Waals surface area contributed by atoms with E-state index in [1.54, 1.807) is 0 Å². The Morgan fingerprint density at radius 2 is 1.90 bits per heavy atom. The summed E-state index contributed by atoms with van der Waals surface area (Å²) in [6.07, 6.45) is 0. The molecule has 0 saturated carbocycles. The third-order valence-electron chi connectivity index (χ3n) is 3.21. The summed E-state index contributed by atoms with van der Waals surface area (Å²) in [5.41, 5.74) is 7.34. The summed E-state index contributed by atoms with van der Waals surface area (Å²) in [6.45, 7) is 5.48. The van der Waals surface area contributed by atoms with Gasteiger partial charge in [-0.2, -0.15) is 5.10 Å². The number of hydrogen-bond acceptors (Lipinski definition) is 4. The first-order valence-electron chi connectivity index (χ1n) is 6.53. The fourth-order valence-electron chi connectivity index (χ4n) is 1.67. The molecule has 7 heteroatoms. The number of amides is 1. The van der Waals surface area contributed by atoms with Crippen LogP contribution in [0, 0.1) is 12.8 Å². The number of nitrogens with two attached hydrogens (primary N) is 1. The molecule has 1 amide bonds. The number of halogens is 1. The fourth-order valence-corrected chi connectivity index (χ4v) is 1.67. The highest BCUT2D eigenvalue weighted by Crippen LogP contribution is 2.18. The van der Waals surface area contributed by atoms with Gasteiger partial charge in [0.05, 0.1) is 5.92 Å². The van der Waals surface area contributed by atoms with Crippen molar-refractivity contribution in [2.75, 3.05) is 5.32 Å². The minimum Gasteiger partial charge on any atom is -0.327 e. The van der Waals surface area contributed by atoms with Crippen LogP contribution in [0.3, 0.4) is 0 Å². The highest BCUT2D eigenvalue weighted by molar-refractivity contribution is 5.92. The van der Waals surface area contributed by atoms with Crippen LogP contribution in [0.25, 0.3) is 11.4 Å². The summed E-state index contributed by atoms with van der Waals surface area (Å²) in [5.74, 6) is 1.10. The van der Waals surface area contributed by atoms with Gasteiger partial charge in [-0.1, -0.05) is 6.92 Å². The third-order valence-corrected chi connectivity index (χ3v) is 3.21. The Kier molecular flexibility index (Phi) is 5.87. The fraction of sp³-hybridized carbons (Fsp3) is 0.357. The zero-order valence-corrected chi connectivity index (χ0v) is 13.1. The minimum absolute atomic E-state index is 0. The molecule has 6 nitrogen and oxygen atoms in total. The van der Waals surface area contributed by atoms with Crippen LogP contribution in [0.1, 0.15) is 19.7 Å². The summed E-state index contributed by atoms with van der Waals surface area (Å²) in [5, 5.41) is 9.72. The number of aromatic amines is 1. The summed E-state index contributed by atoms with van der Waals surface area (Å²) in [4.78, 5) is 16.1. The molecule has 2 atom stereocenters. The maximum atomic E-state index is 11.9. The Bertz CT molecular complexity index is 594. The van der Waals surface area contributed by atoms with Gasteiger partial charge in [0.15, 0.2) is 5.82 Å². The summed E-state index contributed by atoms with van der Waals surface area (Å²) < 4.78 is 0. The number of aryl methyl sites for hydroxylation is 1. The van der Waals surface area contributed by atoms with Gasteiger partial charge in [-0.25, -0.2) is 4.98 Å². The van der Waals surface area contributed by atoms with Gasteiger partial charge in [-0.05, 0) is 38.1 Å². The van der Waals surface area contributed by atoms with E-state index in [0.29, 0.717) is 5.82 Å². The first-order chi connectivity index (χ1) is 9.47. The summed E-state index contributed by atoms with van der Waals surface area (Å²) in [7, 11) is 0. The van der Waals surface area contributed by atoms with Gasteiger partial charge in [0.2, 0.25) is 5.91 Å². The second-order valence-corrected chi connectivity index (χ2v) is 4.96. The molecule has 0 aliphatic heterocycles. The number of carbonyl (C=O) groups is 1. The molecule has 0 aliphatic carbocycles. The molecule has 0 aliphatic rings. The van der Waals surface area contributed by atoms with Crippen LogP contribution in [0.5, 0.6) is 0 Å². The Hall–Kier alpha value is -1.92. The van der Waals surface area contributed by atoms with Gasteiger partial charge in [-0.3, -0.25) is 9.89 Å². The van der Waals surface area contributed by atoms with E-state index in [9.17, 15) is 4.79 Å². The predicted octanol–water partition coefficient (Wildman–Crippen LogP) is 2.12. The molecule has 0 spiro atoms. The first-order valence-corrected chi connectivity index (χ1v) is 6.53. The van der Waals surface area contributed by atoms with Gasteiger partial charge in [-0.15, -0.1) is 12.4 Å². The second kappa shape index (κ2) is 7.19. The van der Waals surface area contributed by atoms with Gasteiger partial charge in [0, 0.05) is 17.3 Å². The van der Waals surface area contributed by atoms with Crippen molar-refractivity contribution in [3.63, 3.8) is 0 Å². The Balaban J connectivity index is 0.00000220. The molecule has 0 fully saturated rings. The van der Waals surface area contributed by atoms with Gasteiger partial charge >= 0.3 is 0 Å². The molecule has 1 heterocycles. The van der Waals surface area contributed by atoms with Crippen molar-refractivity contribution in [2.45, 2.75) is 26.8 Å². The standard InChI is InChI=1S/C14H19N5O.ClH/c1-8(9(2)15)14(20)17-12-6-4-11(5-7-12)13-16-10(3)18-19-13;/h4-9H,15H2,1-3H3,(H,17,20)(H,16,18,19);1H. The largest absolute Gasteiger partial charge is 0.327 e. The van der Waals surface area contributed by atoms with Gasteiger partial charge in [0.25, 0.3) is 0 Å². The second-order valence-electron chi connectivity index (χ2n) is 4.96. The van der Waals surface area contributed by atoms with E-state index >= 15 is 0 Å². The maximum absolute atomic E-state index is 11.9. The summed E-state index contributed by atoms with van der Waals surface area (Å²) >= 11 is 0. The van der Waals surface area contributed by atoms with E-state index in [0.717, 1.165) is 17.1 Å². The Morgan fingerprint density at radius 1 is 1.29 bits per heavy atom. The monoisotopic (exact) mass is 309 g/mol. The number of rotatable bonds is 4. The van der Waals surface area contributed by atoms with Crippen molar-refractivity contribution in [3.8, 4) is 11.4 Å². The number of H-pyrrole nitrogens is 1. The van der Waals surface area contributed by atoms with Crippen LogP contribution in [0.4, 0.5) is 5.69 Å². The molecule has 0 saturated heterocycles. The number of hydrogen-bond donors (Lipinski definition) is 3. The molecule has 2 aromatic rings. The highest BCUT2D eigenvalue weighted by atomic mass is 35.5. The quantitative estimate of drug-likeness (QED) is 0.806. The van der Waals surface area contributed by atoms with Crippen molar-refractivity contribution in [3.05, 3.63) is 30.1 Å². The predicted molar refractivity (Wildman–Crippen MR) is 85.2 cm³/mol. The SMILES string of the molecule is Cc1nc(-c2ccc(NC(=O)C(C)C(C)N)cc2)n[nH]1.Cl. The molecular formula is C14H20ClN5O. The van der Waals surface area contributed by atoms with E-state index in [2.05, 4.69) is 20.5 Å². The van der Waals surface area contributed by atoms with Crippen molar-refractivity contribution >= 4 is 24.0 Å². The maximum Gasteiger partial charge on any atom is 0.228 e. The lowest BCUT2D eigenvalue weighted by molar-refractivity contribution is -0.119. The molecule has 1 aromatic carbocycles. The number of carbonyl (C=O) groups excluding carboxylic acids is 1. The normalized spacial score (nSPS) is 13.1. The first kappa shape index (κ1) is 17.1. The van der Waals surface area contributed by atoms with Crippen molar-refractivity contribution in [2.24, 2.45) is 11.7 Å². The Morgan fingerprint density at radius 3 is 2.38 bits per heavy atom. The minimum atomic E-state index is -0.231. The zero-order chi connectivity index (χ0) is 14.7. The lowest BCUT2D eigenvalue weighted by Crippen LogP contribution is -2.34. The number of nitrogens with one attached hydrogen (secondary N) is 2. The van der Waals surface area contributed by atoms with Crippen LogP contribution in [0.15, 0.2) is 24.3 Å².